The van der Waals surface area contributed by atoms with Crippen LogP contribution >= 0.6 is 11.6 Å². The molecule has 21 heavy (non-hydrogen) atoms. The quantitative estimate of drug-likeness (QED) is 0.783. The lowest BCUT2D eigenvalue weighted by Gasteiger charge is -2.32. The molecular formula is C11H14ClF3N6. The Hall–Kier alpha value is -1.74. The van der Waals surface area contributed by atoms with Gasteiger partial charge in [-0.3, -0.25) is 10.4 Å². The number of halogens is 4. The molecule has 0 spiro atoms. The maximum Gasteiger partial charge on any atom is 0.421 e. The van der Waals surface area contributed by atoms with Crippen LogP contribution in [0.15, 0.2) is 22.6 Å². The van der Waals surface area contributed by atoms with E-state index in [-0.39, 0.29) is 16.5 Å². The van der Waals surface area contributed by atoms with Crippen molar-refractivity contribution in [3.8, 4) is 0 Å². The molecule has 1 aliphatic rings. The number of aliphatic imine (C=N–C) groups is 1. The van der Waals surface area contributed by atoms with Crippen LogP contribution in [0.5, 0.6) is 0 Å². The number of aromatic nitrogens is 2. The van der Waals surface area contributed by atoms with Gasteiger partial charge in [-0.05, 0) is 6.92 Å². The van der Waals surface area contributed by atoms with Crippen LogP contribution in [0.2, 0.25) is 5.15 Å². The molecule has 0 fully saturated rings. The summed E-state index contributed by atoms with van der Waals surface area (Å²) in [6, 6.07) is 0. The van der Waals surface area contributed by atoms with Crippen molar-refractivity contribution >= 4 is 17.8 Å². The first kappa shape index (κ1) is 15.6. The molecule has 1 atom stereocenters. The molecule has 1 aliphatic heterocycles. The summed E-state index contributed by atoms with van der Waals surface area (Å²) in [7, 11) is 1.35. The minimum absolute atomic E-state index is 0.218. The highest BCUT2D eigenvalue weighted by atomic mass is 35.5. The predicted molar refractivity (Wildman–Crippen MR) is 72.5 cm³/mol. The molecule has 6 nitrogen and oxygen atoms in total. The van der Waals surface area contributed by atoms with Crippen molar-refractivity contribution < 1.29 is 13.2 Å². The van der Waals surface area contributed by atoms with E-state index in [0.29, 0.717) is 12.8 Å². The van der Waals surface area contributed by atoms with Crippen molar-refractivity contribution in [2.45, 2.75) is 25.4 Å². The minimum Gasteiger partial charge on any atom is -0.374 e. The van der Waals surface area contributed by atoms with Crippen molar-refractivity contribution in [1.82, 2.24) is 20.4 Å². The van der Waals surface area contributed by atoms with E-state index in [1.54, 1.807) is 0 Å². The van der Waals surface area contributed by atoms with Gasteiger partial charge in [0.25, 0.3) is 0 Å². The largest absolute Gasteiger partial charge is 0.421 e. The van der Waals surface area contributed by atoms with Crippen LogP contribution < -0.4 is 16.4 Å². The van der Waals surface area contributed by atoms with E-state index in [9.17, 15) is 13.2 Å². The zero-order chi connectivity index (χ0) is 15.8. The van der Waals surface area contributed by atoms with Crippen LogP contribution in [-0.2, 0) is 12.3 Å². The molecule has 0 bridgehead atoms. The number of aryl methyl sites for hydroxylation is 1. The van der Waals surface area contributed by atoms with Crippen molar-refractivity contribution in [3.63, 3.8) is 0 Å². The van der Waals surface area contributed by atoms with Gasteiger partial charge in [-0.15, -0.1) is 0 Å². The second-order valence-electron chi connectivity index (χ2n) is 4.35. The topological polar surface area (TPSA) is 80.3 Å². The van der Waals surface area contributed by atoms with E-state index in [1.807, 2.05) is 6.92 Å². The second-order valence-corrected chi connectivity index (χ2v) is 4.71. The Labute approximate surface area is 123 Å². The number of hydrogen-bond acceptors (Lipinski definition) is 5. The fourth-order valence-corrected chi connectivity index (χ4v) is 2.27. The monoisotopic (exact) mass is 322 g/mol. The summed E-state index contributed by atoms with van der Waals surface area (Å²) in [5, 5.41) is 9.18. The highest BCUT2D eigenvalue weighted by Crippen LogP contribution is 2.32. The molecule has 0 saturated heterocycles. The lowest BCUT2D eigenvalue weighted by molar-refractivity contribution is -0.0875. The van der Waals surface area contributed by atoms with Gasteiger partial charge in [-0.2, -0.15) is 18.3 Å². The molecule has 116 valence electrons. The molecule has 2 heterocycles. The molecule has 0 radical (unpaired) electrons. The summed E-state index contributed by atoms with van der Waals surface area (Å²) in [5.74, 6) is -1.89. The van der Waals surface area contributed by atoms with Gasteiger partial charge in [0.15, 0.2) is 0 Å². The summed E-state index contributed by atoms with van der Waals surface area (Å²) in [6.07, 6.45) is -2.49. The summed E-state index contributed by atoms with van der Waals surface area (Å²) >= 11 is 6.11. The first-order valence-corrected chi connectivity index (χ1v) is 6.44. The molecule has 10 heteroatoms. The van der Waals surface area contributed by atoms with Crippen LogP contribution in [0.1, 0.15) is 12.5 Å². The molecule has 2 rings (SSSR count). The van der Waals surface area contributed by atoms with E-state index in [4.69, 9.17) is 17.3 Å². The number of alkyl halides is 3. The minimum atomic E-state index is -4.55. The molecular weight excluding hydrogens is 309 g/mol. The number of nitrogens with zero attached hydrogens (tertiary/aromatic N) is 3. The van der Waals surface area contributed by atoms with Crippen LogP contribution in [0.25, 0.3) is 0 Å². The van der Waals surface area contributed by atoms with Crippen LogP contribution in [0, 0.1) is 0 Å². The molecule has 1 unspecified atom stereocenters. The number of hydrogen-bond donors (Lipinski definition) is 3. The van der Waals surface area contributed by atoms with Gasteiger partial charge in [0.2, 0.25) is 5.79 Å². The van der Waals surface area contributed by atoms with Crippen LogP contribution in [0.3, 0.4) is 0 Å². The number of allylic oxidation sites excluding steroid dienone is 1. The summed E-state index contributed by atoms with van der Waals surface area (Å²) in [6.45, 7) is 2.32. The van der Waals surface area contributed by atoms with Crippen molar-refractivity contribution in [1.29, 1.82) is 0 Å². The first-order chi connectivity index (χ1) is 9.73. The molecule has 0 saturated carbocycles. The first-order valence-electron chi connectivity index (χ1n) is 6.06. The van der Waals surface area contributed by atoms with Gasteiger partial charge < -0.3 is 10.6 Å². The summed E-state index contributed by atoms with van der Waals surface area (Å²) < 4.78 is 40.0. The van der Waals surface area contributed by atoms with E-state index in [0.717, 1.165) is 0 Å². The standard InChI is InChI=1S/C11H14ClF3N6/c1-3-21-8(12)6(5-19-21)11(16)18-4-7(10(13,14)15)9(17-2)20-11/h4-5,17,20H,3,16H2,1-2H3. The zero-order valence-corrected chi connectivity index (χ0v) is 12.0. The highest BCUT2D eigenvalue weighted by molar-refractivity contribution is 6.30. The Kier molecular flexibility index (Phi) is 3.89. The number of nitrogens with one attached hydrogen (secondary N) is 2. The maximum atomic E-state index is 12.9. The van der Waals surface area contributed by atoms with E-state index in [1.165, 1.54) is 17.9 Å². The van der Waals surface area contributed by atoms with Gasteiger partial charge >= 0.3 is 6.18 Å². The highest BCUT2D eigenvalue weighted by Gasteiger charge is 2.42. The Morgan fingerprint density at radius 3 is 2.67 bits per heavy atom. The Morgan fingerprint density at radius 2 is 2.19 bits per heavy atom. The van der Waals surface area contributed by atoms with Crippen molar-refractivity contribution in [2.75, 3.05) is 7.05 Å². The SMILES string of the molecule is CCn1ncc(C2(N)N=CC(C(F)(F)F)=C(NC)N2)c1Cl. The average molecular weight is 323 g/mol. The molecule has 0 amide bonds. The van der Waals surface area contributed by atoms with Gasteiger partial charge in [0.05, 0.1) is 11.8 Å². The molecule has 0 aromatic carbocycles. The summed E-state index contributed by atoms with van der Waals surface area (Å²) in [5.41, 5.74) is 5.38. The summed E-state index contributed by atoms with van der Waals surface area (Å²) in [4.78, 5) is 3.77. The van der Waals surface area contributed by atoms with E-state index < -0.39 is 17.5 Å². The maximum absolute atomic E-state index is 12.9. The van der Waals surface area contributed by atoms with Gasteiger partial charge in [-0.1, -0.05) is 11.6 Å². The second kappa shape index (κ2) is 5.23. The molecule has 4 N–H and O–H groups in total. The third-order valence-electron chi connectivity index (χ3n) is 3.02. The molecule has 1 aromatic heterocycles. The molecule has 1 aromatic rings. The fraction of sp³-hybridized carbons (Fsp3) is 0.455. The average Bonchev–Trinajstić information content (AvgIpc) is 2.78. The van der Waals surface area contributed by atoms with Crippen LogP contribution in [-0.4, -0.2) is 29.2 Å². The Balaban J connectivity index is 2.43. The van der Waals surface area contributed by atoms with Gasteiger partial charge in [-0.25, -0.2) is 4.99 Å². The van der Waals surface area contributed by atoms with E-state index in [2.05, 4.69) is 20.7 Å². The smallest absolute Gasteiger partial charge is 0.374 e. The van der Waals surface area contributed by atoms with Crippen molar-refractivity contribution in [3.05, 3.63) is 28.3 Å². The number of rotatable bonds is 3. The predicted octanol–water partition coefficient (Wildman–Crippen LogP) is 1.29. The van der Waals surface area contributed by atoms with Gasteiger partial charge in [0.1, 0.15) is 16.5 Å². The van der Waals surface area contributed by atoms with Crippen molar-refractivity contribution in [2.24, 2.45) is 10.7 Å². The lowest BCUT2D eigenvalue weighted by Crippen LogP contribution is -2.53. The Morgan fingerprint density at radius 1 is 1.52 bits per heavy atom. The third-order valence-corrected chi connectivity index (χ3v) is 3.42. The Bertz CT molecular complexity index is 606. The normalized spacial score (nSPS) is 22.4. The van der Waals surface area contributed by atoms with Crippen LogP contribution in [0.4, 0.5) is 13.2 Å². The van der Waals surface area contributed by atoms with E-state index >= 15 is 0 Å². The molecule has 0 aliphatic carbocycles. The third kappa shape index (κ3) is 2.70. The number of nitrogens with two attached hydrogens (primary N) is 1. The fourth-order valence-electron chi connectivity index (χ4n) is 1.92. The zero-order valence-electron chi connectivity index (χ0n) is 11.3. The lowest BCUT2D eigenvalue weighted by atomic mass is 10.1. The van der Waals surface area contributed by atoms with Gasteiger partial charge in [0, 0.05) is 19.8 Å².